The highest BCUT2D eigenvalue weighted by atomic mass is 16.3. The van der Waals surface area contributed by atoms with Crippen molar-refractivity contribution in [2.45, 2.75) is 77.0 Å². The van der Waals surface area contributed by atoms with Crippen LogP contribution in [0.4, 0.5) is 0 Å². The third kappa shape index (κ3) is 8.63. The summed E-state index contributed by atoms with van der Waals surface area (Å²) in [6.07, 6.45) is 0. The SMILES string of the molecule is CC1(C)c2cc(-c3ccc4c(-c5ccccc5)nc(-c5ccccc5)nc4c3)ccc2-c2cc3oc4cc5ccccc5cc4c3cc2C1(C)C.CC1(C)c2ccc3ccccc3c2-c2ccc3oc4ccc(-c5nc(-c6ccccc6)c6ccccc6n5)cc4c3c2C1(C)C. The third-order valence-electron chi connectivity index (χ3n) is 22.4. The van der Waals surface area contributed by atoms with Crippen LogP contribution in [0.2, 0.25) is 0 Å². The molecule has 19 rings (SSSR count). The highest BCUT2D eigenvalue weighted by molar-refractivity contribution is 6.14. The molecule has 0 fully saturated rings. The molecule has 2 aliphatic carbocycles. The topological polar surface area (TPSA) is 77.8 Å². The number of fused-ring (bicyclic) bond motifs is 18. The van der Waals surface area contributed by atoms with Gasteiger partial charge in [0, 0.05) is 60.0 Å². The van der Waals surface area contributed by atoms with Gasteiger partial charge in [0.25, 0.3) is 0 Å². The van der Waals surface area contributed by atoms with E-state index in [1.54, 1.807) is 0 Å². The van der Waals surface area contributed by atoms with Crippen LogP contribution in [-0.2, 0) is 21.7 Å². The normalized spacial score (nSPS) is 14.8. The van der Waals surface area contributed by atoms with Crippen molar-refractivity contribution in [3.63, 3.8) is 0 Å². The maximum atomic E-state index is 6.57. The Kier molecular flexibility index (Phi) is 12.6. The van der Waals surface area contributed by atoms with Crippen LogP contribution in [0.3, 0.4) is 0 Å². The molecule has 0 atom stereocenters. The summed E-state index contributed by atoms with van der Waals surface area (Å²) in [7, 11) is 0. The van der Waals surface area contributed by atoms with Gasteiger partial charge in [-0.05, 0) is 166 Å². The van der Waals surface area contributed by atoms with E-state index in [1.165, 1.54) is 87.8 Å². The first-order valence-corrected chi connectivity index (χ1v) is 33.4. The Hall–Kier alpha value is -11.3. The molecule has 0 amide bonds. The monoisotopic (exact) mass is 1240 g/mol. The summed E-state index contributed by atoms with van der Waals surface area (Å²) in [6, 6.07) is 94.9. The zero-order chi connectivity index (χ0) is 65.0. The highest BCUT2D eigenvalue weighted by Gasteiger charge is 2.49. The molecule has 0 saturated heterocycles. The van der Waals surface area contributed by atoms with E-state index < -0.39 is 0 Å². The second-order valence-electron chi connectivity index (χ2n) is 28.5. The molecule has 0 aliphatic heterocycles. The fourth-order valence-corrected chi connectivity index (χ4v) is 15.9. The minimum atomic E-state index is -0.177. The standard InChI is InChI=1S/C48H36N2O.C42H32N2O/c1-47(2)40-24-33(34-20-22-36-42(25-34)49-46(30-15-9-6-10-16-30)50-45(36)29-13-7-5-8-14-29)19-21-35(40)37-28-44-39(27-41(37)48(47,3)4)38-23-31-17-11-12-18-32(31)26-43(38)51-44;1-41(2)32-21-18-25-12-8-9-15-28(25)36(32)30-20-23-35-37(38(30)42(41,3)4)31-24-27(19-22-34(31)45-35)40-43-33-17-11-10-16-29(33)39(44-40)26-13-6-5-7-14-26/h5-28H,1-4H3;5-24H,1-4H3. The summed E-state index contributed by atoms with van der Waals surface area (Å²) in [5.41, 5.74) is 23.9. The van der Waals surface area contributed by atoms with Crippen LogP contribution in [0.25, 0.3) is 166 Å². The molecule has 2 aliphatic rings. The average Bonchev–Trinajstić information content (AvgIpc) is 1.16. The number of hydrogen-bond donors (Lipinski definition) is 0. The van der Waals surface area contributed by atoms with Crippen molar-refractivity contribution in [3.8, 4) is 78.7 Å². The number of aromatic nitrogens is 4. The molecule has 17 aromatic rings. The Morgan fingerprint density at radius 1 is 0.260 bits per heavy atom. The molecule has 0 bridgehead atoms. The Balaban J connectivity index is 0.000000141. The summed E-state index contributed by atoms with van der Waals surface area (Å²) in [4.78, 5) is 20.5. The smallest absolute Gasteiger partial charge is 0.160 e. The molecule has 96 heavy (non-hydrogen) atoms. The highest BCUT2D eigenvalue weighted by Crippen LogP contribution is 2.59. The van der Waals surface area contributed by atoms with Gasteiger partial charge in [0.2, 0.25) is 0 Å². The quantitative estimate of drug-likeness (QED) is 0.171. The van der Waals surface area contributed by atoms with Gasteiger partial charge >= 0.3 is 0 Å². The molecule has 0 spiro atoms. The lowest BCUT2D eigenvalue weighted by Crippen LogP contribution is -2.43. The van der Waals surface area contributed by atoms with Gasteiger partial charge in [-0.1, -0.05) is 250 Å². The first-order valence-electron chi connectivity index (χ1n) is 33.4. The average molecular weight is 1240 g/mol. The number of benzene rings is 13. The fraction of sp³-hybridized carbons (Fsp3) is 0.133. The Morgan fingerprint density at radius 2 is 0.771 bits per heavy atom. The van der Waals surface area contributed by atoms with E-state index in [0.29, 0.717) is 5.82 Å². The fourth-order valence-electron chi connectivity index (χ4n) is 15.9. The van der Waals surface area contributed by atoms with E-state index in [9.17, 15) is 0 Å². The van der Waals surface area contributed by atoms with Gasteiger partial charge in [0.15, 0.2) is 11.6 Å². The van der Waals surface area contributed by atoms with Crippen LogP contribution < -0.4 is 0 Å². The van der Waals surface area contributed by atoms with Gasteiger partial charge in [-0.25, -0.2) is 19.9 Å². The lowest BCUT2D eigenvalue weighted by molar-refractivity contribution is 0.299. The molecule has 460 valence electrons. The van der Waals surface area contributed by atoms with Crippen molar-refractivity contribution in [2.75, 3.05) is 0 Å². The van der Waals surface area contributed by atoms with Gasteiger partial charge in [-0.15, -0.1) is 0 Å². The minimum Gasteiger partial charge on any atom is -0.456 e. The van der Waals surface area contributed by atoms with Crippen molar-refractivity contribution in [1.82, 2.24) is 19.9 Å². The predicted octanol–water partition coefficient (Wildman–Crippen LogP) is 24.2. The van der Waals surface area contributed by atoms with Crippen molar-refractivity contribution < 1.29 is 8.83 Å². The molecule has 0 radical (unpaired) electrons. The molecule has 0 unspecified atom stereocenters. The molecule has 6 heteroatoms. The van der Waals surface area contributed by atoms with E-state index in [1.807, 2.05) is 36.4 Å². The molecule has 0 N–H and O–H groups in total. The van der Waals surface area contributed by atoms with Gasteiger partial charge in [0.05, 0.1) is 22.4 Å². The van der Waals surface area contributed by atoms with Crippen LogP contribution >= 0.6 is 0 Å². The Bertz CT molecular complexity index is 6070. The van der Waals surface area contributed by atoms with Gasteiger partial charge in [-0.3, -0.25) is 0 Å². The van der Waals surface area contributed by atoms with E-state index in [4.69, 9.17) is 28.8 Å². The molecule has 13 aromatic carbocycles. The largest absolute Gasteiger partial charge is 0.456 e. The summed E-state index contributed by atoms with van der Waals surface area (Å²) in [5, 5.41) is 11.7. The molecular weight excluding hydrogens is 1170 g/mol. The maximum absolute atomic E-state index is 6.57. The predicted molar refractivity (Wildman–Crippen MR) is 399 cm³/mol. The first-order chi connectivity index (χ1) is 46.6. The van der Waals surface area contributed by atoms with E-state index in [-0.39, 0.29) is 21.7 Å². The van der Waals surface area contributed by atoms with Crippen LogP contribution in [0.1, 0.15) is 77.6 Å². The minimum absolute atomic E-state index is 0.124. The second-order valence-corrected chi connectivity index (χ2v) is 28.5. The summed E-state index contributed by atoms with van der Waals surface area (Å²) in [6.45, 7) is 19.2. The molecule has 0 saturated carbocycles. The van der Waals surface area contributed by atoms with Gasteiger partial charge in [-0.2, -0.15) is 0 Å². The molecule has 4 aromatic heterocycles. The van der Waals surface area contributed by atoms with Gasteiger partial charge < -0.3 is 8.83 Å². The van der Waals surface area contributed by atoms with Crippen LogP contribution in [0.5, 0.6) is 0 Å². The lowest BCUT2D eigenvalue weighted by atomic mass is 9.54. The van der Waals surface area contributed by atoms with Crippen LogP contribution in [0, 0.1) is 0 Å². The molecular formula is C90H68N4O2. The zero-order valence-corrected chi connectivity index (χ0v) is 55.0. The summed E-state index contributed by atoms with van der Waals surface area (Å²) < 4.78 is 13.1. The molecule has 6 nitrogen and oxygen atoms in total. The number of para-hydroxylation sites is 1. The lowest BCUT2D eigenvalue weighted by Gasteiger charge is -2.49. The van der Waals surface area contributed by atoms with E-state index in [0.717, 1.165) is 94.6 Å². The number of rotatable bonds is 5. The van der Waals surface area contributed by atoms with Crippen molar-refractivity contribution in [3.05, 3.63) is 289 Å². The number of nitrogens with zero attached hydrogens (tertiary/aromatic N) is 4. The van der Waals surface area contributed by atoms with Crippen LogP contribution in [0.15, 0.2) is 276 Å². The Morgan fingerprint density at radius 3 is 1.49 bits per heavy atom. The van der Waals surface area contributed by atoms with Crippen molar-refractivity contribution in [2.24, 2.45) is 0 Å². The summed E-state index contributed by atoms with van der Waals surface area (Å²) >= 11 is 0. The number of hydrogen-bond acceptors (Lipinski definition) is 6. The third-order valence-corrected chi connectivity index (χ3v) is 22.4. The first kappa shape index (κ1) is 57.3. The van der Waals surface area contributed by atoms with Crippen molar-refractivity contribution >= 4 is 87.2 Å². The van der Waals surface area contributed by atoms with Crippen LogP contribution in [-0.4, -0.2) is 19.9 Å². The molecule has 4 heterocycles. The van der Waals surface area contributed by atoms with Crippen molar-refractivity contribution in [1.29, 1.82) is 0 Å². The number of furan rings is 2. The van der Waals surface area contributed by atoms with E-state index >= 15 is 0 Å². The Labute approximate surface area is 557 Å². The second kappa shape index (κ2) is 21.1. The maximum Gasteiger partial charge on any atom is 0.160 e. The summed E-state index contributed by atoms with van der Waals surface area (Å²) in [5.74, 6) is 1.44. The van der Waals surface area contributed by atoms with E-state index in [2.05, 4.69) is 286 Å². The zero-order valence-electron chi connectivity index (χ0n) is 55.0. The van der Waals surface area contributed by atoms with Gasteiger partial charge in [0.1, 0.15) is 22.3 Å².